The highest BCUT2D eigenvalue weighted by molar-refractivity contribution is 9.10. The van der Waals surface area contributed by atoms with Gasteiger partial charge in [-0.15, -0.1) is 0 Å². The van der Waals surface area contributed by atoms with Gasteiger partial charge in [0, 0.05) is 5.56 Å². The molecule has 0 fully saturated rings. The quantitative estimate of drug-likeness (QED) is 0.444. The van der Waals surface area contributed by atoms with E-state index < -0.39 is 25.0 Å². The lowest BCUT2D eigenvalue weighted by Gasteiger charge is -2.09. The highest BCUT2D eigenvalue weighted by Crippen LogP contribution is 2.26. The van der Waals surface area contributed by atoms with Gasteiger partial charge in [-0.25, -0.2) is 9.18 Å². The molecule has 0 saturated carbocycles. The molecule has 0 aromatic heterocycles. The lowest BCUT2D eigenvalue weighted by Crippen LogP contribution is -2.19. The predicted octanol–water partition coefficient (Wildman–Crippen LogP) is 4.16. The van der Waals surface area contributed by atoms with E-state index in [0.29, 0.717) is 26.0 Å². The van der Waals surface area contributed by atoms with Crippen molar-refractivity contribution in [2.24, 2.45) is 0 Å². The average Bonchev–Trinajstić information content (AvgIpc) is 2.58. The van der Waals surface area contributed by atoms with Crippen molar-refractivity contribution < 1.29 is 28.2 Å². The van der Waals surface area contributed by atoms with E-state index in [9.17, 15) is 14.0 Å². The van der Waals surface area contributed by atoms with Crippen LogP contribution in [0.4, 0.5) is 4.39 Å². The molecule has 2 rings (SSSR count). The number of carbonyl (C=O) groups excluding carboxylic acids is 2. The van der Waals surface area contributed by atoms with E-state index in [0.717, 1.165) is 0 Å². The minimum absolute atomic E-state index is 0.295. The fraction of sp³-hybridized carbons (Fsp3) is 0.176. The van der Waals surface area contributed by atoms with Gasteiger partial charge >= 0.3 is 5.97 Å². The number of esters is 1. The second kappa shape index (κ2) is 8.96. The molecule has 25 heavy (non-hydrogen) atoms. The van der Waals surface area contributed by atoms with Crippen molar-refractivity contribution in [3.8, 4) is 11.5 Å². The smallest absolute Gasteiger partial charge is 0.344 e. The molecule has 132 valence electrons. The molecule has 2 aromatic rings. The summed E-state index contributed by atoms with van der Waals surface area (Å²) < 4.78 is 29.2. The number of hydrogen-bond acceptors (Lipinski definition) is 5. The molecule has 0 heterocycles. The van der Waals surface area contributed by atoms with Crippen molar-refractivity contribution in [1.29, 1.82) is 0 Å². The van der Waals surface area contributed by atoms with E-state index in [1.165, 1.54) is 25.3 Å². The zero-order chi connectivity index (χ0) is 18.4. The van der Waals surface area contributed by atoms with Gasteiger partial charge in [-0.2, -0.15) is 0 Å². The molecule has 0 spiro atoms. The van der Waals surface area contributed by atoms with Gasteiger partial charge < -0.3 is 14.2 Å². The van der Waals surface area contributed by atoms with Crippen LogP contribution >= 0.6 is 31.9 Å². The van der Waals surface area contributed by atoms with Crippen LogP contribution in [0, 0.1) is 5.82 Å². The van der Waals surface area contributed by atoms with Gasteiger partial charge in [0.1, 0.15) is 17.3 Å². The first-order valence-electron chi connectivity index (χ1n) is 7.01. The van der Waals surface area contributed by atoms with Crippen LogP contribution in [0.15, 0.2) is 45.3 Å². The number of ketones is 1. The Hall–Kier alpha value is -1.93. The number of methoxy groups -OCH3 is 1. The van der Waals surface area contributed by atoms with Crippen LogP contribution in [0.3, 0.4) is 0 Å². The standard InChI is InChI=1S/C17H13Br2FO5/c1-23-15-4-2-10(6-12(15)18)14(21)8-25-17(22)9-24-16-5-3-11(20)7-13(16)19/h2-7H,8-9H2,1H3. The number of hydrogen-bond donors (Lipinski definition) is 0. The van der Waals surface area contributed by atoms with Crippen molar-refractivity contribution in [2.75, 3.05) is 20.3 Å². The largest absolute Gasteiger partial charge is 0.496 e. The predicted molar refractivity (Wildman–Crippen MR) is 95.6 cm³/mol. The van der Waals surface area contributed by atoms with Gasteiger partial charge in [0.15, 0.2) is 19.0 Å². The summed E-state index contributed by atoms with van der Waals surface area (Å²) in [6.45, 7) is -0.810. The van der Waals surface area contributed by atoms with E-state index in [4.69, 9.17) is 14.2 Å². The van der Waals surface area contributed by atoms with Crippen LogP contribution in [0.2, 0.25) is 0 Å². The van der Waals surface area contributed by atoms with Crippen molar-refractivity contribution in [3.05, 3.63) is 56.7 Å². The molecular formula is C17H13Br2FO5. The summed E-state index contributed by atoms with van der Waals surface area (Å²) in [7, 11) is 1.52. The highest BCUT2D eigenvalue weighted by atomic mass is 79.9. The Bertz CT molecular complexity index is 795. The Morgan fingerprint density at radius 3 is 2.32 bits per heavy atom. The molecule has 0 atom stereocenters. The lowest BCUT2D eigenvalue weighted by molar-refractivity contribution is -0.144. The summed E-state index contributed by atoms with van der Waals surface area (Å²) in [4.78, 5) is 23.7. The van der Waals surface area contributed by atoms with Gasteiger partial charge in [-0.1, -0.05) is 0 Å². The second-order valence-electron chi connectivity index (χ2n) is 4.80. The molecule has 0 radical (unpaired) electrons. The Morgan fingerprint density at radius 2 is 1.68 bits per heavy atom. The van der Waals surface area contributed by atoms with E-state index in [-0.39, 0.29) is 5.78 Å². The summed E-state index contributed by atoms with van der Waals surface area (Å²) >= 11 is 6.40. The van der Waals surface area contributed by atoms with Gasteiger partial charge in [0.25, 0.3) is 0 Å². The minimum Gasteiger partial charge on any atom is -0.496 e. The summed E-state index contributed by atoms with van der Waals surface area (Å²) in [6, 6.07) is 8.59. The van der Waals surface area contributed by atoms with E-state index in [1.54, 1.807) is 18.2 Å². The fourth-order valence-corrected chi connectivity index (χ4v) is 2.85. The Balaban J connectivity index is 1.85. The third kappa shape index (κ3) is 5.54. The maximum absolute atomic E-state index is 13.0. The molecule has 8 heteroatoms. The number of benzene rings is 2. The van der Waals surface area contributed by atoms with E-state index in [2.05, 4.69) is 31.9 Å². The minimum atomic E-state index is -0.711. The highest BCUT2D eigenvalue weighted by Gasteiger charge is 2.13. The van der Waals surface area contributed by atoms with Crippen molar-refractivity contribution in [3.63, 3.8) is 0 Å². The topological polar surface area (TPSA) is 61.8 Å². The number of Topliss-reactive ketones (excluding diaryl/α,β-unsaturated/α-hetero) is 1. The molecule has 0 aliphatic rings. The molecule has 0 amide bonds. The summed E-state index contributed by atoms with van der Waals surface area (Å²) in [6.07, 6.45) is 0. The van der Waals surface area contributed by atoms with Crippen LogP contribution in [-0.2, 0) is 9.53 Å². The molecule has 0 aliphatic carbocycles. The zero-order valence-electron chi connectivity index (χ0n) is 13.1. The summed E-state index contributed by atoms with van der Waals surface area (Å²) in [5, 5.41) is 0. The Morgan fingerprint density at radius 1 is 1.00 bits per heavy atom. The first-order chi connectivity index (χ1) is 11.9. The lowest BCUT2D eigenvalue weighted by atomic mass is 10.1. The molecule has 0 saturated heterocycles. The number of carbonyl (C=O) groups is 2. The van der Waals surface area contributed by atoms with Gasteiger partial charge in [-0.05, 0) is 68.3 Å². The normalized spacial score (nSPS) is 10.2. The number of rotatable bonds is 7. The van der Waals surface area contributed by atoms with Crippen molar-refractivity contribution in [1.82, 2.24) is 0 Å². The maximum Gasteiger partial charge on any atom is 0.344 e. The van der Waals surface area contributed by atoms with Gasteiger partial charge in [0.05, 0.1) is 16.1 Å². The summed E-state index contributed by atoms with van der Waals surface area (Å²) in [5.41, 5.74) is 0.377. The third-order valence-electron chi connectivity index (χ3n) is 3.08. The second-order valence-corrected chi connectivity index (χ2v) is 6.51. The Kier molecular flexibility index (Phi) is 6.95. The fourth-order valence-electron chi connectivity index (χ4n) is 1.84. The SMILES string of the molecule is COc1ccc(C(=O)COC(=O)COc2ccc(F)cc2Br)cc1Br. The zero-order valence-corrected chi connectivity index (χ0v) is 16.2. The first kappa shape index (κ1) is 19.4. The molecule has 0 unspecified atom stereocenters. The molecule has 0 N–H and O–H groups in total. The molecule has 0 bridgehead atoms. The van der Waals surface area contributed by atoms with E-state index >= 15 is 0 Å². The van der Waals surface area contributed by atoms with Crippen LogP contribution in [0.5, 0.6) is 11.5 Å². The first-order valence-corrected chi connectivity index (χ1v) is 8.59. The van der Waals surface area contributed by atoms with Gasteiger partial charge in [-0.3, -0.25) is 4.79 Å². The number of halogens is 3. The third-order valence-corrected chi connectivity index (χ3v) is 4.32. The van der Waals surface area contributed by atoms with Crippen LogP contribution in [-0.4, -0.2) is 32.1 Å². The van der Waals surface area contributed by atoms with Gasteiger partial charge in [0.2, 0.25) is 0 Å². The van der Waals surface area contributed by atoms with Crippen LogP contribution < -0.4 is 9.47 Å². The van der Waals surface area contributed by atoms with Crippen molar-refractivity contribution >= 4 is 43.6 Å². The summed E-state index contributed by atoms with van der Waals surface area (Å²) in [5.74, 6) is -0.620. The monoisotopic (exact) mass is 474 g/mol. The maximum atomic E-state index is 13.0. The van der Waals surface area contributed by atoms with E-state index in [1.807, 2.05) is 0 Å². The molecule has 5 nitrogen and oxygen atoms in total. The average molecular weight is 476 g/mol. The molecular weight excluding hydrogens is 463 g/mol. The van der Waals surface area contributed by atoms with Crippen LogP contribution in [0.25, 0.3) is 0 Å². The van der Waals surface area contributed by atoms with Crippen LogP contribution in [0.1, 0.15) is 10.4 Å². The number of ether oxygens (including phenoxy) is 3. The Labute approximate surface area is 160 Å². The van der Waals surface area contributed by atoms with Crippen molar-refractivity contribution in [2.45, 2.75) is 0 Å². The molecule has 0 aliphatic heterocycles. The molecule has 2 aromatic carbocycles.